The van der Waals surface area contributed by atoms with Crippen molar-refractivity contribution in [1.29, 1.82) is 0 Å². The minimum Gasteiger partial charge on any atom is -0.497 e. The van der Waals surface area contributed by atoms with Crippen LogP contribution in [-0.4, -0.2) is 44.8 Å². The van der Waals surface area contributed by atoms with Gasteiger partial charge in [-0.3, -0.25) is 4.79 Å². The highest BCUT2D eigenvalue weighted by molar-refractivity contribution is 5.94. The molecule has 2 aromatic carbocycles. The second-order valence-electron chi connectivity index (χ2n) is 7.80. The van der Waals surface area contributed by atoms with Crippen LogP contribution in [0.1, 0.15) is 25.7 Å². The van der Waals surface area contributed by atoms with Crippen LogP contribution in [0.3, 0.4) is 0 Å². The summed E-state index contributed by atoms with van der Waals surface area (Å²) in [6.07, 6.45) is 4.91. The molecule has 0 atom stereocenters. The molecule has 0 radical (unpaired) electrons. The lowest BCUT2D eigenvalue weighted by Gasteiger charge is -2.22. The van der Waals surface area contributed by atoms with Crippen LogP contribution >= 0.6 is 0 Å². The Hall–Kier alpha value is -3.48. The molecular formula is C25H29N3O4. The lowest BCUT2D eigenvalue weighted by molar-refractivity contribution is -0.118. The second-order valence-corrected chi connectivity index (χ2v) is 7.80. The molecule has 1 N–H and O–H groups in total. The van der Waals surface area contributed by atoms with Crippen LogP contribution in [0.2, 0.25) is 0 Å². The number of para-hydroxylation sites is 1. The quantitative estimate of drug-likeness (QED) is 0.582. The van der Waals surface area contributed by atoms with Crippen LogP contribution in [0.25, 0.3) is 10.9 Å². The molecule has 3 aromatic rings. The summed E-state index contributed by atoms with van der Waals surface area (Å²) in [6, 6.07) is 15.1. The molecule has 0 aliphatic carbocycles. The fourth-order valence-electron chi connectivity index (χ4n) is 3.94. The SMILES string of the molecule is COc1ccc(OC)c(NC(=O)COc2cccc3ccc(N4CCCCCC4)nc23)c1. The highest BCUT2D eigenvalue weighted by atomic mass is 16.5. The number of nitrogens with zero attached hydrogens (tertiary/aromatic N) is 2. The van der Waals surface area contributed by atoms with Gasteiger partial charge in [0.05, 0.1) is 19.9 Å². The first-order chi connectivity index (χ1) is 15.7. The number of hydrogen-bond acceptors (Lipinski definition) is 6. The van der Waals surface area contributed by atoms with E-state index >= 15 is 0 Å². The molecule has 0 bridgehead atoms. The van der Waals surface area contributed by atoms with Crippen molar-refractivity contribution in [3.05, 3.63) is 48.5 Å². The van der Waals surface area contributed by atoms with Crippen LogP contribution in [0.4, 0.5) is 11.5 Å². The lowest BCUT2D eigenvalue weighted by atomic mass is 10.2. The van der Waals surface area contributed by atoms with Crippen LogP contribution in [-0.2, 0) is 4.79 Å². The molecule has 0 unspecified atom stereocenters. The molecule has 168 valence electrons. The van der Waals surface area contributed by atoms with Crippen molar-refractivity contribution in [2.45, 2.75) is 25.7 Å². The van der Waals surface area contributed by atoms with E-state index in [1.54, 1.807) is 32.4 Å². The summed E-state index contributed by atoms with van der Waals surface area (Å²) in [7, 11) is 3.13. The van der Waals surface area contributed by atoms with Gasteiger partial charge in [0.2, 0.25) is 0 Å². The van der Waals surface area contributed by atoms with E-state index in [2.05, 4.69) is 22.3 Å². The predicted octanol–water partition coefficient (Wildman–Crippen LogP) is 4.65. The van der Waals surface area contributed by atoms with Gasteiger partial charge in [-0.15, -0.1) is 0 Å². The Balaban J connectivity index is 1.49. The molecule has 1 aliphatic rings. The second kappa shape index (κ2) is 10.2. The number of nitrogens with one attached hydrogen (secondary N) is 1. The Bertz CT molecular complexity index is 1080. The Labute approximate surface area is 188 Å². The Morgan fingerprint density at radius 1 is 0.969 bits per heavy atom. The topological polar surface area (TPSA) is 72.9 Å². The third kappa shape index (κ3) is 5.04. The van der Waals surface area contributed by atoms with Crippen molar-refractivity contribution in [3.8, 4) is 17.2 Å². The van der Waals surface area contributed by atoms with Gasteiger partial charge in [0.25, 0.3) is 5.91 Å². The molecule has 1 fully saturated rings. The number of carbonyl (C=O) groups is 1. The number of carbonyl (C=O) groups excluding carboxylic acids is 1. The van der Waals surface area contributed by atoms with E-state index in [0.717, 1.165) is 29.8 Å². The molecule has 2 heterocycles. The first kappa shape index (κ1) is 21.7. The van der Waals surface area contributed by atoms with Gasteiger partial charge in [0.1, 0.15) is 28.6 Å². The monoisotopic (exact) mass is 435 g/mol. The minimum absolute atomic E-state index is 0.144. The van der Waals surface area contributed by atoms with Gasteiger partial charge in [-0.05, 0) is 43.2 Å². The van der Waals surface area contributed by atoms with Crippen LogP contribution in [0.5, 0.6) is 17.2 Å². The fourth-order valence-corrected chi connectivity index (χ4v) is 3.94. The van der Waals surface area contributed by atoms with E-state index in [4.69, 9.17) is 19.2 Å². The van der Waals surface area contributed by atoms with Gasteiger partial charge in [-0.2, -0.15) is 0 Å². The van der Waals surface area contributed by atoms with Gasteiger partial charge in [0.15, 0.2) is 6.61 Å². The highest BCUT2D eigenvalue weighted by Gasteiger charge is 2.14. The Morgan fingerprint density at radius 3 is 2.53 bits per heavy atom. The molecular weight excluding hydrogens is 406 g/mol. The van der Waals surface area contributed by atoms with Crippen LogP contribution in [0.15, 0.2) is 48.5 Å². The molecule has 0 saturated carbocycles. The van der Waals surface area contributed by atoms with Gasteiger partial charge in [-0.25, -0.2) is 4.98 Å². The lowest BCUT2D eigenvalue weighted by Crippen LogP contribution is -2.24. The first-order valence-corrected chi connectivity index (χ1v) is 11.0. The third-order valence-corrected chi connectivity index (χ3v) is 5.64. The largest absolute Gasteiger partial charge is 0.497 e. The molecule has 4 rings (SSSR count). The van der Waals surface area contributed by atoms with Gasteiger partial charge >= 0.3 is 0 Å². The standard InChI is InChI=1S/C25H29N3O4/c1-30-19-11-12-21(31-2)20(16-19)26-24(29)17-32-22-9-7-8-18-10-13-23(27-25(18)22)28-14-5-3-4-6-15-28/h7-13,16H,3-6,14-15,17H2,1-2H3,(H,26,29). The predicted molar refractivity (Wildman–Crippen MR) is 126 cm³/mol. The molecule has 1 aromatic heterocycles. The summed E-state index contributed by atoms with van der Waals surface area (Å²) in [5, 5.41) is 3.81. The molecule has 1 saturated heterocycles. The highest BCUT2D eigenvalue weighted by Crippen LogP contribution is 2.30. The zero-order valence-corrected chi connectivity index (χ0v) is 18.6. The van der Waals surface area contributed by atoms with Gasteiger partial charge in [0, 0.05) is 24.5 Å². The minimum atomic E-state index is -0.294. The summed E-state index contributed by atoms with van der Waals surface area (Å²) < 4.78 is 16.4. The Kier molecular flexibility index (Phi) is 6.94. The van der Waals surface area contributed by atoms with Crippen LogP contribution in [0, 0.1) is 0 Å². The maximum atomic E-state index is 12.6. The fraction of sp³-hybridized carbons (Fsp3) is 0.360. The summed E-state index contributed by atoms with van der Waals surface area (Å²) in [6.45, 7) is 1.90. The Morgan fingerprint density at radius 2 is 1.78 bits per heavy atom. The maximum absolute atomic E-state index is 12.6. The number of aromatic nitrogens is 1. The van der Waals surface area contributed by atoms with Crippen molar-refractivity contribution in [2.24, 2.45) is 0 Å². The molecule has 0 spiro atoms. The average Bonchev–Trinajstić information content (AvgIpc) is 3.12. The summed E-state index contributed by atoms with van der Waals surface area (Å²) in [4.78, 5) is 19.8. The summed E-state index contributed by atoms with van der Waals surface area (Å²) >= 11 is 0. The maximum Gasteiger partial charge on any atom is 0.262 e. The van der Waals surface area contributed by atoms with E-state index in [-0.39, 0.29) is 12.5 Å². The van der Waals surface area contributed by atoms with Crippen LogP contribution < -0.4 is 24.4 Å². The normalized spacial score (nSPS) is 14.0. The number of rotatable bonds is 7. The summed E-state index contributed by atoms with van der Waals surface area (Å²) in [5.41, 5.74) is 1.29. The van der Waals surface area contributed by atoms with Crippen molar-refractivity contribution in [3.63, 3.8) is 0 Å². The van der Waals surface area contributed by atoms with Crippen molar-refractivity contribution >= 4 is 28.3 Å². The van der Waals surface area contributed by atoms with E-state index in [1.165, 1.54) is 25.7 Å². The number of fused-ring (bicyclic) bond motifs is 1. The van der Waals surface area contributed by atoms with Crippen molar-refractivity contribution in [2.75, 3.05) is 44.1 Å². The van der Waals surface area contributed by atoms with E-state index in [1.807, 2.05) is 18.2 Å². The molecule has 32 heavy (non-hydrogen) atoms. The third-order valence-electron chi connectivity index (χ3n) is 5.64. The zero-order chi connectivity index (χ0) is 22.3. The zero-order valence-electron chi connectivity index (χ0n) is 18.6. The number of benzene rings is 2. The summed E-state index contributed by atoms with van der Waals surface area (Å²) in [5.74, 6) is 2.43. The molecule has 7 nitrogen and oxygen atoms in total. The van der Waals surface area contributed by atoms with E-state index in [0.29, 0.717) is 22.9 Å². The number of hydrogen-bond donors (Lipinski definition) is 1. The van der Waals surface area contributed by atoms with Gasteiger partial charge < -0.3 is 24.4 Å². The molecule has 1 amide bonds. The first-order valence-electron chi connectivity index (χ1n) is 11.0. The van der Waals surface area contributed by atoms with E-state index in [9.17, 15) is 4.79 Å². The smallest absolute Gasteiger partial charge is 0.262 e. The number of amides is 1. The average molecular weight is 436 g/mol. The van der Waals surface area contributed by atoms with Gasteiger partial charge in [-0.1, -0.05) is 25.0 Å². The number of methoxy groups -OCH3 is 2. The number of pyridine rings is 1. The molecule has 7 heteroatoms. The molecule has 1 aliphatic heterocycles. The van der Waals surface area contributed by atoms with E-state index < -0.39 is 0 Å². The van der Waals surface area contributed by atoms with Crippen molar-refractivity contribution in [1.82, 2.24) is 4.98 Å². The number of anilines is 2. The number of ether oxygens (including phenoxy) is 3. The van der Waals surface area contributed by atoms with Crippen molar-refractivity contribution < 1.29 is 19.0 Å².